The van der Waals surface area contributed by atoms with E-state index in [1.54, 1.807) is 35.1 Å². The van der Waals surface area contributed by atoms with Crippen LogP contribution in [-0.4, -0.2) is 33.6 Å². The van der Waals surface area contributed by atoms with Gasteiger partial charge in [-0.15, -0.1) is 0 Å². The van der Waals surface area contributed by atoms with Gasteiger partial charge < -0.3 is 14.6 Å². The molecule has 9 heteroatoms. The van der Waals surface area contributed by atoms with Crippen molar-refractivity contribution >= 4 is 5.97 Å². The SMILES string of the molecule is CC.CC.Cc1nn(-c2ccc(C(F)(F)F)cc2)cc1C(C)COc1cccc(OC(C)C(=O)O)c1. The first kappa shape index (κ1) is 30.5. The number of carboxylic acids is 1. The minimum absolute atomic E-state index is 0.0549. The summed E-state index contributed by atoms with van der Waals surface area (Å²) >= 11 is 0. The molecule has 0 radical (unpaired) electrons. The zero-order valence-electron chi connectivity index (χ0n) is 21.8. The molecule has 36 heavy (non-hydrogen) atoms. The van der Waals surface area contributed by atoms with Crippen LogP contribution in [0.1, 0.15) is 64.3 Å². The number of hydrogen-bond acceptors (Lipinski definition) is 4. The number of halogens is 3. The summed E-state index contributed by atoms with van der Waals surface area (Å²) in [6.45, 7) is 13.5. The standard InChI is InChI=1S/C23H23F3N2O4.2C2H6/c1-14(13-31-19-5-4-6-20(11-19)32-16(3)22(29)30)21-12-28(27-15(21)2)18-9-7-17(8-10-18)23(24,25)26;2*1-2/h4-12,14,16H,13H2,1-3H3,(H,29,30);2*1-2H3. The first-order valence-electron chi connectivity index (χ1n) is 11.9. The second kappa shape index (κ2) is 14.2. The molecule has 2 aromatic carbocycles. The fraction of sp³-hybridized carbons (Fsp3) is 0.407. The Morgan fingerprint density at radius 3 is 2.17 bits per heavy atom. The Bertz CT molecular complexity index is 1080. The topological polar surface area (TPSA) is 73.6 Å². The largest absolute Gasteiger partial charge is 0.493 e. The van der Waals surface area contributed by atoms with Gasteiger partial charge in [0.05, 0.1) is 23.6 Å². The molecule has 0 amide bonds. The van der Waals surface area contributed by atoms with Crippen LogP contribution in [0.2, 0.25) is 0 Å². The van der Waals surface area contributed by atoms with Gasteiger partial charge in [0.2, 0.25) is 0 Å². The van der Waals surface area contributed by atoms with Crippen molar-refractivity contribution in [3.8, 4) is 17.2 Å². The summed E-state index contributed by atoms with van der Waals surface area (Å²) in [6.07, 6.45) is -3.59. The Labute approximate surface area is 210 Å². The van der Waals surface area contributed by atoms with E-state index < -0.39 is 23.8 Å². The fourth-order valence-electron chi connectivity index (χ4n) is 3.10. The molecule has 2 unspecified atom stereocenters. The van der Waals surface area contributed by atoms with E-state index in [9.17, 15) is 18.0 Å². The van der Waals surface area contributed by atoms with Crippen molar-refractivity contribution in [2.45, 2.75) is 66.7 Å². The van der Waals surface area contributed by atoms with Crippen LogP contribution in [0.25, 0.3) is 5.69 Å². The van der Waals surface area contributed by atoms with Gasteiger partial charge in [-0.25, -0.2) is 9.48 Å². The number of nitrogens with zero attached hydrogens (tertiary/aromatic N) is 2. The zero-order valence-corrected chi connectivity index (χ0v) is 21.8. The predicted octanol–water partition coefficient (Wildman–Crippen LogP) is 7.29. The van der Waals surface area contributed by atoms with Crippen molar-refractivity contribution in [3.63, 3.8) is 0 Å². The van der Waals surface area contributed by atoms with Gasteiger partial charge in [-0.05, 0) is 55.8 Å². The van der Waals surface area contributed by atoms with Crippen LogP contribution in [0.4, 0.5) is 13.2 Å². The molecule has 0 aliphatic heterocycles. The summed E-state index contributed by atoms with van der Waals surface area (Å²) in [7, 11) is 0. The number of ether oxygens (including phenoxy) is 2. The molecule has 3 rings (SSSR count). The van der Waals surface area contributed by atoms with Crippen molar-refractivity contribution in [3.05, 3.63) is 71.5 Å². The molecule has 0 aliphatic carbocycles. The van der Waals surface area contributed by atoms with Gasteiger partial charge in [0.25, 0.3) is 0 Å². The molecule has 1 N–H and O–H groups in total. The van der Waals surface area contributed by atoms with E-state index in [0.717, 1.165) is 23.4 Å². The average Bonchev–Trinajstić information content (AvgIpc) is 3.26. The van der Waals surface area contributed by atoms with Gasteiger partial charge >= 0.3 is 12.1 Å². The van der Waals surface area contributed by atoms with Crippen LogP contribution >= 0.6 is 0 Å². The molecule has 0 bridgehead atoms. The number of hydrogen-bond donors (Lipinski definition) is 1. The van der Waals surface area contributed by atoms with Crippen LogP contribution in [0, 0.1) is 6.92 Å². The first-order valence-corrected chi connectivity index (χ1v) is 11.9. The maximum atomic E-state index is 12.8. The second-order valence-electron chi connectivity index (χ2n) is 7.44. The van der Waals surface area contributed by atoms with E-state index in [0.29, 0.717) is 23.8 Å². The Hall–Kier alpha value is -3.49. The summed E-state index contributed by atoms with van der Waals surface area (Å²) < 4.78 is 51.0. The molecule has 1 aromatic heterocycles. The van der Waals surface area contributed by atoms with Gasteiger partial charge in [0.1, 0.15) is 11.5 Å². The molecule has 2 atom stereocenters. The van der Waals surface area contributed by atoms with E-state index in [1.807, 2.05) is 41.5 Å². The maximum Gasteiger partial charge on any atom is 0.416 e. The minimum atomic E-state index is -4.39. The molecule has 198 valence electrons. The number of alkyl halides is 3. The van der Waals surface area contributed by atoms with Crippen molar-refractivity contribution in [1.29, 1.82) is 0 Å². The summed E-state index contributed by atoms with van der Waals surface area (Å²) in [5, 5.41) is 13.4. The third-order valence-corrected chi connectivity index (χ3v) is 4.89. The summed E-state index contributed by atoms with van der Waals surface area (Å²) in [4.78, 5) is 10.9. The number of carbonyl (C=O) groups is 1. The lowest BCUT2D eigenvalue weighted by atomic mass is 10.0. The molecule has 0 fully saturated rings. The van der Waals surface area contributed by atoms with Gasteiger partial charge in [-0.1, -0.05) is 40.7 Å². The van der Waals surface area contributed by atoms with Gasteiger partial charge in [-0.2, -0.15) is 18.3 Å². The molecule has 0 saturated carbocycles. The van der Waals surface area contributed by atoms with Crippen LogP contribution in [0.5, 0.6) is 11.5 Å². The van der Waals surface area contributed by atoms with Crippen molar-refractivity contribution in [2.24, 2.45) is 0 Å². The Morgan fingerprint density at radius 2 is 1.61 bits per heavy atom. The van der Waals surface area contributed by atoms with Gasteiger partial charge in [0, 0.05) is 18.2 Å². The predicted molar refractivity (Wildman–Crippen MR) is 134 cm³/mol. The van der Waals surface area contributed by atoms with E-state index in [1.165, 1.54) is 19.1 Å². The molecule has 0 saturated heterocycles. The van der Waals surface area contributed by atoms with Crippen molar-refractivity contribution in [1.82, 2.24) is 9.78 Å². The lowest BCUT2D eigenvalue weighted by molar-refractivity contribution is -0.144. The average molecular weight is 509 g/mol. The molecule has 0 spiro atoms. The highest BCUT2D eigenvalue weighted by Crippen LogP contribution is 2.30. The van der Waals surface area contributed by atoms with Crippen molar-refractivity contribution < 1.29 is 32.5 Å². The molecule has 6 nitrogen and oxygen atoms in total. The van der Waals surface area contributed by atoms with Crippen LogP contribution < -0.4 is 9.47 Å². The minimum Gasteiger partial charge on any atom is -0.493 e. The lowest BCUT2D eigenvalue weighted by Crippen LogP contribution is -2.22. The van der Waals surface area contributed by atoms with E-state index in [-0.39, 0.29) is 5.92 Å². The van der Waals surface area contributed by atoms with E-state index in [4.69, 9.17) is 14.6 Å². The van der Waals surface area contributed by atoms with E-state index in [2.05, 4.69) is 5.10 Å². The third kappa shape index (κ3) is 8.62. The summed E-state index contributed by atoms with van der Waals surface area (Å²) in [5.74, 6) is -0.206. The number of aromatic nitrogens is 2. The zero-order chi connectivity index (χ0) is 27.5. The van der Waals surface area contributed by atoms with Crippen molar-refractivity contribution in [2.75, 3.05) is 6.61 Å². The summed E-state index contributed by atoms with van der Waals surface area (Å²) in [5.41, 5.74) is 1.46. The normalized spacial score (nSPS) is 12.3. The van der Waals surface area contributed by atoms with Crippen LogP contribution in [0.3, 0.4) is 0 Å². The second-order valence-corrected chi connectivity index (χ2v) is 7.44. The molecular formula is C27H35F3N2O4. The number of benzene rings is 2. The van der Waals surface area contributed by atoms with Gasteiger partial charge in [0.15, 0.2) is 6.10 Å². The smallest absolute Gasteiger partial charge is 0.416 e. The maximum absolute atomic E-state index is 12.8. The molecule has 3 aromatic rings. The Balaban J connectivity index is 0.00000154. The lowest BCUT2D eigenvalue weighted by Gasteiger charge is -2.14. The third-order valence-electron chi connectivity index (χ3n) is 4.89. The molecule has 1 heterocycles. The van der Waals surface area contributed by atoms with E-state index >= 15 is 0 Å². The highest BCUT2D eigenvalue weighted by molar-refractivity contribution is 5.72. The first-order chi connectivity index (χ1) is 17.0. The number of aliphatic carboxylic acids is 1. The molecule has 0 aliphatic rings. The highest BCUT2D eigenvalue weighted by Gasteiger charge is 2.30. The monoisotopic (exact) mass is 508 g/mol. The van der Waals surface area contributed by atoms with Crippen LogP contribution in [-0.2, 0) is 11.0 Å². The quantitative estimate of drug-likeness (QED) is 0.346. The molecular weight excluding hydrogens is 473 g/mol. The highest BCUT2D eigenvalue weighted by atomic mass is 19.4. The number of aryl methyl sites for hydroxylation is 1. The number of rotatable bonds is 8. The fourth-order valence-corrected chi connectivity index (χ4v) is 3.10. The van der Waals surface area contributed by atoms with Crippen LogP contribution in [0.15, 0.2) is 54.7 Å². The van der Waals surface area contributed by atoms with Gasteiger partial charge in [-0.3, -0.25) is 0 Å². The summed E-state index contributed by atoms with van der Waals surface area (Å²) in [6, 6.07) is 11.5. The number of carboxylic acid groups (broad SMARTS) is 1. The Morgan fingerprint density at radius 1 is 1.03 bits per heavy atom. The Kier molecular flexibility index (Phi) is 12.0.